The number of aromatic nitrogens is 3. The molecule has 6 nitrogen and oxygen atoms in total. The number of aromatic hydroxyl groups is 1. The van der Waals surface area contributed by atoms with Crippen LogP contribution in [0.3, 0.4) is 0 Å². The van der Waals surface area contributed by atoms with Crippen LogP contribution in [0.15, 0.2) is 54.6 Å². The topological polar surface area (TPSA) is 83.0 Å². The molecule has 0 atom stereocenters. The van der Waals surface area contributed by atoms with Gasteiger partial charge in [-0.3, -0.25) is 0 Å². The molecule has 24 heavy (non-hydrogen) atoms. The molecule has 0 aliphatic carbocycles. The van der Waals surface area contributed by atoms with Crippen LogP contribution in [0.5, 0.6) is 5.75 Å². The molecule has 2 aromatic carbocycles. The van der Waals surface area contributed by atoms with E-state index in [9.17, 15) is 5.11 Å². The Bertz CT molecular complexity index is 813. The van der Waals surface area contributed by atoms with Gasteiger partial charge in [0.2, 0.25) is 17.2 Å². The minimum Gasteiger partial charge on any atom is -0.508 e. The molecule has 1 aromatic heterocycles. The van der Waals surface area contributed by atoms with Gasteiger partial charge >= 0.3 is 0 Å². The predicted molar refractivity (Wildman–Crippen MR) is 94.9 cm³/mol. The highest BCUT2D eigenvalue weighted by molar-refractivity contribution is 6.28. The van der Waals surface area contributed by atoms with Crippen LogP contribution in [-0.4, -0.2) is 26.6 Å². The number of hydrogen-bond donors (Lipinski definition) is 3. The first kappa shape index (κ1) is 16.0. The molecule has 122 valence electrons. The van der Waals surface area contributed by atoms with Gasteiger partial charge in [-0.25, -0.2) is 0 Å². The molecule has 0 fully saturated rings. The van der Waals surface area contributed by atoms with Crippen LogP contribution in [0.2, 0.25) is 5.28 Å². The Morgan fingerprint density at radius 3 is 2.38 bits per heavy atom. The zero-order chi connectivity index (χ0) is 16.8. The van der Waals surface area contributed by atoms with Gasteiger partial charge in [0.05, 0.1) is 0 Å². The van der Waals surface area contributed by atoms with Gasteiger partial charge in [-0.15, -0.1) is 0 Å². The van der Waals surface area contributed by atoms with Crippen molar-refractivity contribution in [3.05, 3.63) is 65.4 Å². The van der Waals surface area contributed by atoms with E-state index in [1.54, 1.807) is 12.1 Å². The normalized spacial score (nSPS) is 10.4. The summed E-state index contributed by atoms with van der Waals surface area (Å²) in [6, 6.07) is 16.8. The Kier molecular flexibility index (Phi) is 5.08. The molecule has 7 heteroatoms. The number of phenols is 1. The van der Waals surface area contributed by atoms with Crippen molar-refractivity contribution >= 4 is 29.2 Å². The van der Waals surface area contributed by atoms with Gasteiger partial charge < -0.3 is 15.7 Å². The summed E-state index contributed by atoms with van der Waals surface area (Å²) in [5.74, 6) is 1.02. The Labute approximate surface area is 144 Å². The fourth-order valence-electron chi connectivity index (χ4n) is 2.17. The number of phenolic OH excluding ortho intramolecular Hbond substituents is 1. The molecule has 3 aromatic rings. The van der Waals surface area contributed by atoms with Crippen LogP contribution in [0.1, 0.15) is 5.56 Å². The summed E-state index contributed by atoms with van der Waals surface area (Å²) in [5, 5.41) is 16.0. The first-order valence-corrected chi connectivity index (χ1v) is 7.83. The number of para-hydroxylation sites is 2. The van der Waals surface area contributed by atoms with Crippen molar-refractivity contribution in [2.75, 3.05) is 17.2 Å². The number of benzene rings is 2. The quantitative estimate of drug-likeness (QED) is 0.635. The van der Waals surface area contributed by atoms with E-state index in [0.717, 1.165) is 11.3 Å². The highest BCUT2D eigenvalue weighted by atomic mass is 35.5. The summed E-state index contributed by atoms with van der Waals surface area (Å²) in [7, 11) is 0. The summed E-state index contributed by atoms with van der Waals surface area (Å²) in [5.41, 5.74) is 1.72. The standard InChI is InChI=1S/C17H16ClN5O/c18-15-21-16(19-11-10-12-6-4-5-9-14(12)24)23-17(22-15)20-13-7-2-1-3-8-13/h1-9,24H,10-11H2,(H2,19,20,21,22,23). The number of nitrogens with one attached hydrogen (secondary N) is 2. The van der Waals surface area contributed by atoms with Crippen LogP contribution < -0.4 is 10.6 Å². The minimum absolute atomic E-state index is 0.105. The molecular formula is C17H16ClN5O. The van der Waals surface area contributed by atoms with E-state index in [4.69, 9.17) is 11.6 Å². The van der Waals surface area contributed by atoms with Crippen molar-refractivity contribution < 1.29 is 5.11 Å². The highest BCUT2D eigenvalue weighted by Gasteiger charge is 2.06. The number of rotatable bonds is 6. The molecule has 3 rings (SSSR count). The fraction of sp³-hybridized carbons (Fsp3) is 0.118. The van der Waals surface area contributed by atoms with E-state index in [-0.39, 0.29) is 11.0 Å². The molecule has 0 radical (unpaired) electrons. The smallest absolute Gasteiger partial charge is 0.233 e. The van der Waals surface area contributed by atoms with Gasteiger partial charge in [0.25, 0.3) is 0 Å². The zero-order valence-electron chi connectivity index (χ0n) is 12.8. The molecule has 1 heterocycles. The number of nitrogens with zero attached hydrogens (tertiary/aromatic N) is 3. The maximum absolute atomic E-state index is 9.76. The van der Waals surface area contributed by atoms with Crippen molar-refractivity contribution in [3.63, 3.8) is 0 Å². The predicted octanol–water partition coefficient (Wildman–Crippen LogP) is 3.63. The summed E-state index contributed by atoms with van der Waals surface area (Å²) >= 11 is 5.96. The summed E-state index contributed by atoms with van der Waals surface area (Å²) < 4.78 is 0. The van der Waals surface area contributed by atoms with Gasteiger partial charge in [-0.1, -0.05) is 36.4 Å². The lowest BCUT2D eigenvalue weighted by atomic mass is 10.1. The van der Waals surface area contributed by atoms with Gasteiger partial charge in [0.1, 0.15) is 5.75 Å². The van der Waals surface area contributed by atoms with Gasteiger partial charge in [-0.2, -0.15) is 15.0 Å². The first-order valence-electron chi connectivity index (χ1n) is 7.45. The lowest BCUT2D eigenvalue weighted by Gasteiger charge is -2.09. The maximum atomic E-state index is 9.76. The number of hydrogen-bond acceptors (Lipinski definition) is 6. The maximum Gasteiger partial charge on any atom is 0.233 e. The largest absolute Gasteiger partial charge is 0.508 e. The van der Waals surface area contributed by atoms with Crippen LogP contribution >= 0.6 is 11.6 Å². The highest BCUT2D eigenvalue weighted by Crippen LogP contribution is 2.17. The monoisotopic (exact) mass is 341 g/mol. The molecule has 0 unspecified atom stereocenters. The van der Waals surface area contributed by atoms with Crippen LogP contribution in [0, 0.1) is 0 Å². The van der Waals surface area contributed by atoms with Crippen molar-refractivity contribution in [1.29, 1.82) is 0 Å². The van der Waals surface area contributed by atoms with Crippen LogP contribution in [0.25, 0.3) is 0 Å². The molecule has 3 N–H and O–H groups in total. The minimum atomic E-state index is 0.105. The third-order valence-corrected chi connectivity index (χ3v) is 3.48. The number of anilines is 3. The van der Waals surface area contributed by atoms with E-state index >= 15 is 0 Å². The van der Waals surface area contributed by atoms with E-state index in [1.807, 2.05) is 42.5 Å². The molecule has 0 bridgehead atoms. The molecular weight excluding hydrogens is 326 g/mol. The zero-order valence-corrected chi connectivity index (χ0v) is 13.5. The van der Waals surface area contributed by atoms with E-state index in [1.165, 1.54) is 0 Å². The Balaban J connectivity index is 1.64. The lowest BCUT2D eigenvalue weighted by Crippen LogP contribution is -2.10. The van der Waals surface area contributed by atoms with Crippen molar-refractivity contribution in [2.45, 2.75) is 6.42 Å². The van der Waals surface area contributed by atoms with Gasteiger partial charge in [-0.05, 0) is 41.8 Å². The second-order valence-corrected chi connectivity index (χ2v) is 5.39. The Morgan fingerprint density at radius 2 is 1.58 bits per heavy atom. The number of halogens is 1. The van der Waals surface area contributed by atoms with E-state index < -0.39 is 0 Å². The first-order chi connectivity index (χ1) is 11.7. The lowest BCUT2D eigenvalue weighted by molar-refractivity contribution is 0.468. The van der Waals surface area contributed by atoms with Crippen molar-refractivity contribution in [2.24, 2.45) is 0 Å². The van der Waals surface area contributed by atoms with Gasteiger partial charge in [0.15, 0.2) is 0 Å². The molecule has 0 aliphatic rings. The summed E-state index contributed by atoms with van der Waals surface area (Å²) in [6.07, 6.45) is 0.636. The molecule has 0 saturated carbocycles. The van der Waals surface area contributed by atoms with E-state index in [2.05, 4.69) is 25.6 Å². The van der Waals surface area contributed by atoms with Gasteiger partial charge in [0, 0.05) is 12.2 Å². The Hall–Kier alpha value is -2.86. The molecule has 0 aliphatic heterocycles. The average Bonchev–Trinajstić information content (AvgIpc) is 2.57. The van der Waals surface area contributed by atoms with Crippen molar-refractivity contribution in [3.8, 4) is 5.75 Å². The molecule has 0 saturated heterocycles. The Morgan fingerprint density at radius 1 is 0.875 bits per heavy atom. The molecule has 0 amide bonds. The van der Waals surface area contributed by atoms with Crippen LogP contribution in [0.4, 0.5) is 17.6 Å². The molecule has 0 spiro atoms. The summed E-state index contributed by atoms with van der Waals surface area (Å²) in [4.78, 5) is 12.4. The SMILES string of the molecule is Oc1ccccc1CCNc1nc(Cl)nc(Nc2ccccc2)n1. The second-order valence-electron chi connectivity index (χ2n) is 5.05. The second kappa shape index (κ2) is 7.61. The third kappa shape index (κ3) is 4.33. The van der Waals surface area contributed by atoms with Crippen molar-refractivity contribution in [1.82, 2.24) is 15.0 Å². The van der Waals surface area contributed by atoms with Crippen LogP contribution in [-0.2, 0) is 6.42 Å². The summed E-state index contributed by atoms with van der Waals surface area (Å²) in [6.45, 7) is 0.558. The average molecular weight is 342 g/mol. The third-order valence-electron chi connectivity index (χ3n) is 3.31. The fourth-order valence-corrected chi connectivity index (χ4v) is 2.33. The van der Waals surface area contributed by atoms with E-state index in [0.29, 0.717) is 24.9 Å².